The fraction of sp³-hybridized carbons (Fsp3) is 0.600. The number of amides is 2. The maximum Gasteiger partial charge on any atom is 0.407 e. The summed E-state index contributed by atoms with van der Waals surface area (Å²) >= 11 is 1.69. The molecule has 0 fully saturated rings. The molecule has 158 valence electrons. The molecule has 0 atom stereocenters. The molecule has 0 aliphatic rings. The van der Waals surface area contributed by atoms with Gasteiger partial charge in [-0.3, -0.25) is 4.79 Å². The van der Waals surface area contributed by atoms with Crippen LogP contribution < -0.4 is 15.4 Å². The Morgan fingerprint density at radius 1 is 1.29 bits per heavy atom. The van der Waals surface area contributed by atoms with Gasteiger partial charge in [0.25, 0.3) is 0 Å². The normalized spacial score (nSPS) is 11.6. The SMILES string of the molecule is CN(C)Cc1cc(OCC/C=C\NC(=O)CCCNC(=O)OC(C)(C)C)cs1. The first-order chi connectivity index (χ1) is 13.2. The molecule has 0 radical (unpaired) electrons. The maximum absolute atomic E-state index is 11.7. The Labute approximate surface area is 172 Å². The van der Waals surface area contributed by atoms with Gasteiger partial charge in [-0.25, -0.2) is 4.79 Å². The van der Waals surface area contributed by atoms with E-state index in [0.29, 0.717) is 32.4 Å². The summed E-state index contributed by atoms with van der Waals surface area (Å²) in [6, 6.07) is 2.06. The molecule has 0 spiro atoms. The van der Waals surface area contributed by atoms with Gasteiger partial charge >= 0.3 is 6.09 Å². The second-order valence-electron chi connectivity index (χ2n) is 7.63. The zero-order chi connectivity index (χ0) is 21.0. The quantitative estimate of drug-likeness (QED) is 0.545. The summed E-state index contributed by atoms with van der Waals surface area (Å²) in [5.41, 5.74) is -0.520. The highest BCUT2D eigenvalue weighted by Crippen LogP contribution is 2.22. The van der Waals surface area contributed by atoms with Crippen molar-refractivity contribution in [1.82, 2.24) is 15.5 Å². The van der Waals surface area contributed by atoms with Crippen LogP contribution in [0, 0.1) is 0 Å². The molecule has 0 bridgehead atoms. The number of carbonyl (C=O) groups is 2. The van der Waals surface area contributed by atoms with E-state index in [9.17, 15) is 9.59 Å². The Balaban J connectivity index is 2.06. The summed E-state index contributed by atoms with van der Waals surface area (Å²) in [6.45, 7) is 7.29. The van der Waals surface area contributed by atoms with Crippen molar-refractivity contribution in [2.24, 2.45) is 0 Å². The highest BCUT2D eigenvalue weighted by Gasteiger charge is 2.15. The van der Waals surface area contributed by atoms with Crippen LogP contribution in [-0.2, 0) is 16.1 Å². The molecule has 0 aliphatic heterocycles. The summed E-state index contributed by atoms with van der Waals surface area (Å²) in [5, 5.41) is 7.35. The molecule has 1 aromatic heterocycles. The third-order valence-corrected chi connectivity index (χ3v) is 4.17. The highest BCUT2D eigenvalue weighted by molar-refractivity contribution is 7.10. The van der Waals surface area contributed by atoms with Crippen LogP contribution in [0.5, 0.6) is 5.75 Å². The van der Waals surface area contributed by atoms with Crippen LogP contribution in [0.1, 0.15) is 44.9 Å². The molecule has 0 aliphatic carbocycles. The molecule has 8 heteroatoms. The molecule has 2 amide bonds. The van der Waals surface area contributed by atoms with Crippen LogP contribution in [0.25, 0.3) is 0 Å². The zero-order valence-corrected chi connectivity index (χ0v) is 18.4. The lowest BCUT2D eigenvalue weighted by molar-refractivity contribution is -0.120. The van der Waals surface area contributed by atoms with Crippen molar-refractivity contribution in [3.05, 3.63) is 28.6 Å². The summed E-state index contributed by atoms with van der Waals surface area (Å²) in [7, 11) is 4.08. The molecule has 0 unspecified atom stereocenters. The van der Waals surface area contributed by atoms with Gasteiger partial charge in [0.05, 0.1) is 6.61 Å². The van der Waals surface area contributed by atoms with Crippen LogP contribution in [0.4, 0.5) is 4.79 Å². The van der Waals surface area contributed by atoms with Crippen LogP contribution >= 0.6 is 11.3 Å². The van der Waals surface area contributed by atoms with E-state index in [2.05, 4.69) is 21.6 Å². The zero-order valence-electron chi connectivity index (χ0n) is 17.5. The Morgan fingerprint density at radius 3 is 2.71 bits per heavy atom. The molecule has 0 saturated heterocycles. The third kappa shape index (κ3) is 12.3. The Kier molecular flexibility index (Phi) is 10.6. The van der Waals surface area contributed by atoms with Gasteiger partial charge in [0.2, 0.25) is 5.91 Å². The van der Waals surface area contributed by atoms with Gasteiger partial charge in [-0.1, -0.05) is 6.08 Å². The van der Waals surface area contributed by atoms with E-state index in [1.54, 1.807) is 38.3 Å². The molecule has 0 saturated carbocycles. The third-order valence-electron chi connectivity index (χ3n) is 3.27. The fourth-order valence-electron chi connectivity index (χ4n) is 2.14. The highest BCUT2D eigenvalue weighted by atomic mass is 32.1. The summed E-state index contributed by atoms with van der Waals surface area (Å²) in [6.07, 6.45) is 4.63. The van der Waals surface area contributed by atoms with Crippen molar-refractivity contribution in [3.8, 4) is 5.75 Å². The van der Waals surface area contributed by atoms with E-state index in [-0.39, 0.29) is 5.91 Å². The van der Waals surface area contributed by atoms with Gasteiger partial charge in [0.15, 0.2) is 0 Å². The molecule has 0 aromatic carbocycles. The summed E-state index contributed by atoms with van der Waals surface area (Å²) < 4.78 is 10.8. The van der Waals surface area contributed by atoms with Crippen molar-refractivity contribution >= 4 is 23.3 Å². The van der Waals surface area contributed by atoms with Crippen molar-refractivity contribution in [2.45, 2.75) is 52.2 Å². The van der Waals surface area contributed by atoms with E-state index < -0.39 is 11.7 Å². The van der Waals surface area contributed by atoms with Gasteiger partial charge in [0.1, 0.15) is 11.4 Å². The number of rotatable bonds is 11. The van der Waals surface area contributed by atoms with Crippen molar-refractivity contribution < 1.29 is 19.1 Å². The number of alkyl carbamates (subject to hydrolysis) is 1. The Hall–Kier alpha value is -2.06. The van der Waals surface area contributed by atoms with Crippen molar-refractivity contribution in [1.29, 1.82) is 0 Å². The van der Waals surface area contributed by atoms with Gasteiger partial charge in [-0.2, -0.15) is 0 Å². The first-order valence-electron chi connectivity index (χ1n) is 9.42. The predicted octanol–water partition coefficient (Wildman–Crippen LogP) is 3.51. The maximum atomic E-state index is 11.7. The number of nitrogens with one attached hydrogen (secondary N) is 2. The minimum Gasteiger partial charge on any atom is -0.492 e. The summed E-state index contributed by atoms with van der Waals surface area (Å²) in [4.78, 5) is 26.6. The minimum atomic E-state index is -0.520. The number of carbonyl (C=O) groups excluding carboxylic acids is 2. The van der Waals surface area contributed by atoms with Crippen LogP contribution in [0.2, 0.25) is 0 Å². The van der Waals surface area contributed by atoms with E-state index in [0.717, 1.165) is 12.3 Å². The van der Waals surface area contributed by atoms with Gasteiger partial charge in [0, 0.05) is 36.2 Å². The van der Waals surface area contributed by atoms with Gasteiger partial charge in [-0.15, -0.1) is 11.3 Å². The largest absolute Gasteiger partial charge is 0.492 e. The fourth-order valence-corrected chi connectivity index (χ4v) is 3.06. The van der Waals surface area contributed by atoms with Crippen LogP contribution in [0.3, 0.4) is 0 Å². The van der Waals surface area contributed by atoms with Crippen molar-refractivity contribution in [3.63, 3.8) is 0 Å². The molecule has 1 rings (SSSR count). The average Bonchev–Trinajstić information content (AvgIpc) is 2.99. The lowest BCUT2D eigenvalue weighted by Gasteiger charge is -2.19. The Morgan fingerprint density at radius 2 is 2.04 bits per heavy atom. The average molecular weight is 412 g/mol. The van der Waals surface area contributed by atoms with E-state index in [1.807, 2.05) is 25.6 Å². The minimum absolute atomic E-state index is 0.0886. The Bertz CT molecular complexity index is 636. The molecular weight excluding hydrogens is 378 g/mol. The number of hydrogen-bond acceptors (Lipinski definition) is 6. The first kappa shape index (κ1) is 24.0. The molecule has 2 N–H and O–H groups in total. The van der Waals surface area contributed by atoms with Gasteiger partial charge in [-0.05, 0) is 53.6 Å². The lowest BCUT2D eigenvalue weighted by Crippen LogP contribution is -2.33. The van der Waals surface area contributed by atoms with Crippen LogP contribution in [0.15, 0.2) is 23.7 Å². The van der Waals surface area contributed by atoms with E-state index in [1.165, 1.54) is 4.88 Å². The topological polar surface area (TPSA) is 79.9 Å². The van der Waals surface area contributed by atoms with E-state index >= 15 is 0 Å². The second-order valence-corrected chi connectivity index (χ2v) is 8.62. The van der Waals surface area contributed by atoms with Gasteiger partial charge < -0.3 is 25.0 Å². The smallest absolute Gasteiger partial charge is 0.407 e. The molecular formula is C20H33N3O4S. The van der Waals surface area contributed by atoms with Crippen LogP contribution in [-0.4, -0.2) is 49.7 Å². The van der Waals surface area contributed by atoms with E-state index in [4.69, 9.17) is 9.47 Å². The monoisotopic (exact) mass is 411 g/mol. The first-order valence-corrected chi connectivity index (χ1v) is 10.3. The predicted molar refractivity (Wildman–Crippen MR) is 113 cm³/mol. The van der Waals surface area contributed by atoms with Crippen molar-refractivity contribution in [2.75, 3.05) is 27.2 Å². The number of thiophene rings is 1. The molecule has 1 aromatic rings. The second kappa shape index (κ2) is 12.4. The number of ether oxygens (including phenoxy) is 2. The molecule has 1 heterocycles. The number of nitrogens with zero attached hydrogens (tertiary/aromatic N) is 1. The standard InChI is InChI=1S/C20H33N3O4S/c1-20(2,3)27-19(25)22-11-8-9-18(24)21-10-6-7-12-26-16-13-17(28-15-16)14-23(4)5/h6,10,13,15H,7-9,11-12,14H2,1-5H3,(H,21,24)(H,22,25)/b10-6-. The molecule has 28 heavy (non-hydrogen) atoms. The summed E-state index contributed by atoms with van der Waals surface area (Å²) in [5.74, 6) is 0.797. The number of hydrogen-bond donors (Lipinski definition) is 2. The lowest BCUT2D eigenvalue weighted by atomic mass is 10.2. The molecule has 7 nitrogen and oxygen atoms in total.